The summed E-state index contributed by atoms with van der Waals surface area (Å²) in [6.07, 6.45) is 3.54. The Morgan fingerprint density at radius 1 is 1.29 bits per heavy atom. The lowest BCUT2D eigenvalue weighted by Crippen LogP contribution is -2.39. The van der Waals surface area contributed by atoms with E-state index in [9.17, 15) is 9.59 Å². The lowest BCUT2D eigenvalue weighted by Gasteiger charge is -2.31. The van der Waals surface area contributed by atoms with Gasteiger partial charge in [-0.05, 0) is 43.2 Å². The van der Waals surface area contributed by atoms with Crippen molar-refractivity contribution < 1.29 is 14.0 Å². The molecule has 4 rings (SSSR count). The molecule has 6 nitrogen and oxygen atoms in total. The number of fused-ring (bicyclic) bond motifs is 1. The normalized spacial score (nSPS) is 15.1. The van der Waals surface area contributed by atoms with E-state index in [0.29, 0.717) is 30.6 Å². The van der Waals surface area contributed by atoms with Crippen molar-refractivity contribution in [2.75, 3.05) is 19.6 Å². The first-order valence-corrected chi connectivity index (χ1v) is 10.4. The van der Waals surface area contributed by atoms with Gasteiger partial charge in [0, 0.05) is 37.0 Å². The summed E-state index contributed by atoms with van der Waals surface area (Å²) in [5.74, 6) is 0.394. The molecule has 0 unspecified atom stereocenters. The molecule has 1 aliphatic rings. The van der Waals surface area contributed by atoms with Crippen LogP contribution in [0.4, 0.5) is 0 Å². The van der Waals surface area contributed by atoms with Gasteiger partial charge in [0.05, 0.1) is 21.5 Å². The van der Waals surface area contributed by atoms with Crippen LogP contribution in [0, 0.1) is 0 Å². The van der Waals surface area contributed by atoms with Gasteiger partial charge < -0.3 is 14.6 Å². The largest absolute Gasteiger partial charge is 0.459 e. The fraction of sp³-hybridized carbons (Fsp3) is 0.350. The Bertz CT molecular complexity index is 978. The zero-order valence-electron chi connectivity index (χ0n) is 15.2. The van der Waals surface area contributed by atoms with Crippen LogP contribution in [-0.4, -0.2) is 41.3 Å². The Hall–Kier alpha value is -2.38. The summed E-state index contributed by atoms with van der Waals surface area (Å²) < 4.78 is 6.18. The second-order valence-corrected chi connectivity index (χ2v) is 8.30. The molecule has 0 atom stereocenters. The number of piperidine rings is 1. The van der Waals surface area contributed by atoms with Gasteiger partial charge in [-0.15, -0.1) is 11.3 Å². The van der Waals surface area contributed by atoms with E-state index in [1.165, 1.54) is 6.26 Å². The molecule has 2 amide bonds. The monoisotopic (exact) mass is 417 g/mol. The number of nitrogens with one attached hydrogen (secondary N) is 1. The number of benzene rings is 1. The van der Waals surface area contributed by atoms with Crippen LogP contribution < -0.4 is 5.32 Å². The quantitative estimate of drug-likeness (QED) is 0.679. The van der Waals surface area contributed by atoms with Gasteiger partial charge in [0.15, 0.2) is 5.76 Å². The van der Waals surface area contributed by atoms with Crippen LogP contribution in [-0.2, 0) is 4.79 Å². The fourth-order valence-corrected chi connectivity index (χ4v) is 4.69. The van der Waals surface area contributed by atoms with Crippen LogP contribution in [0.3, 0.4) is 0 Å². The third-order valence-corrected chi connectivity index (χ3v) is 6.37. The summed E-state index contributed by atoms with van der Waals surface area (Å²) in [4.78, 5) is 30.8. The van der Waals surface area contributed by atoms with Crippen molar-refractivity contribution in [1.82, 2.24) is 15.2 Å². The second kappa shape index (κ2) is 8.32. The van der Waals surface area contributed by atoms with Gasteiger partial charge in [0.2, 0.25) is 5.91 Å². The van der Waals surface area contributed by atoms with Crippen molar-refractivity contribution in [3.05, 3.63) is 52.4 Å². The van der Waals surface area contributed by atoms with Crippen molar-refractivity contribution in [3.63, 3.8) is 0 Å². The number of rotatable bonds is 5. The first-order valence-electron chi connectivity index (χ1n) is 9.25. The van der Waals surface area contributed by atoms with Crippen molar-refractivity contribution in [2.24, 2.45) is 0 Å². The average molecular weight is 418 g/mol. The van der Waals surface area contributed by atoms with Gasteiger partial charge in [-0.2, -0.15) is 0 Å². The second-order valence-electron chi connectivity index (χ2n) is 6.80. The predicted octanol–water partition coefficient (Wildman–Crippen LogP) is 4.07. The Morgan fingerprint density at radius 2 is 2.11 bits per heavy atom. The molecule has 0 spiro atoms. The third kappa shape index (κ3) is 4.20. The first kappa shape index (κ1) is 19.0. The van der Waals surface area contributed by atoms with Gasteiger partial charge in [-0.1, -0.05) is 11.6 Å². The van der Waals surface area contributed by atoms with E-state index in [4.69, 9.17) is 21.0 Å². The lowest BCUT2D eigenvalue weighted by molar-refractivity contribution is -0.132. The number of likely N-dealkylation sites (tertiary alicyclic amines) is 1. The molecule has 0 saturated carbocycles. The van der Waals surface area contributed by atoms with Gasteiger partial charge in [-0.3, -0.25) is 9.59 Å². The Balaban J connectivity index is 1.26. The highest BCUT2D eigenvalue weighted by molar-refractivity contribution is 7.18. The van der Waals surface area contributed by atoms with Crippen molar-refractivity contribution in [3.8, 4) is 0 Å². The average Bonchev–Trinajstić information content (AvgIpc) is 3.37. The van der Waals surface area contributed by atoms with Crippen LogP contribution in [0.25, 0.3) is 10.2 Å². The molecule has 0 bridgehead atoms. The molecule has 8 heteroatoms. The highest BCUT2D eigenvalue weighted by Gasteiger charge is 2.25. The summed E-state index contributed by atoms with van der Waals surface area (Å²) in [6, 6.07) is 9.04. The number of amides is 2. The highest BCUT2D eigenvalue weighted by Crippen LogP contribution is 2.34. The maximum absolute atomic E-state index is 12.4. The Labute approximate surface area is 171 Å². The zero-order chi connectivity index (χ0) is 19.5. The molecule has 28 heavy (non-hydrogen) atoms. The lowest BCUT2D eigenvalue weighted by atomic mass is 9.97. The molecular weight excluding hydrogens is 398 g/mol. The number of hydrogen-bond donors (Lipinski definition) is 1. The minimum atomic E-state index is -0.299. The SMILES string of the molecule is O=C(NCCC(=O)N1CCC(c2nc3cc(Cl)ccc3s2)CC1)c1ccco1. The number of carbonyl (C=O) groups excluding carboxylic acids is 2. The topological polar surface area (TPSA) is 75.4 Å². The number of furan rings is 1. The van der Waals surface area contributed by atoms with Crippen LogP contribution >= 0.6 is 22.9 Å². The van der Waals surface area contributed by atoms with Gasteiger partial charge >= 0.3 is 0 Å². The maximum atomic E-state index is 12.4. The minimum Gasteiger partial charge on any atom is -0.459 e. The molecule has 0 radical (unpaired) electrons. The van der Waals surface area contributed by atoms with E-state index >= 15 is 0 Å². The van der Waals surface area contributed by atoms with Crippen LogP contribution in [0.1, 0.15) is 40.7 Å². The standard InChI is InChI=1S/C20H20ClN3O3S/c21-14-3-4-17-15(12-14)23-20(28-17)13-6-9-24(10-7-13)18(25)5-8-22-19(26)16-2-1-11-27-16/h1-4,11-13H,5-10H2,(H,22,26). The number of hydrogen-bond acceptors (Lipinski definition) is 5. The molecule has 1 N–H and O–H groups in total. The van der Waals surface area contributed by atoms with E-state index in [-0.39, 0.29) is 24.0 Å². The van der Waals surface area contributed by atoms with E-state index in [0.717, 1.165) is 28.1 Å². The summed E-state index contributed by atoms with van der Waals surface area (Å²) in [5.41, 5.74) is 0.943. The van der Waals surface area contributed by atoms with E-state index in [1.807, 2.05) is 23.1 Å². The number of nitrogens with zero attached hydrogens (tertiary/aromatic N) is 2. The van der Waals surface area contributed by atoms with Gasteiger partial charge in [0.25, 0.3) is 5.91 Å². The van der Waals surface area contributed by atoms with Gasteiger partial charge in [0.1, 0.15) is 0 Å². The Kier molecular flexibility index (Phi) is 5.64. The number of halogens is 1. The number of thiazole rings is 1. The summed E-state index contributed by atoms with van der Waals surface area (Å²) >= 11 is 7.76. The summed E-state index contributed by atoms with van der Waals surface area (Å²) in [7, 11) is 0. The molecule has 146 valence electrons. The van der Waals surface area contributed by atoms with Crippen LogP contribution in [0.5, 0.6) is 0 Å². The van der Waals surface area contributed by atoms with Gasteiger partial charge in [-0.25, -0.2) is 4.98 Å². The van der Waals surface area contributed by atoms with Crippen LogP contribution in [0.2, 0.25) is 5.02 Å². The molecule has 1 aromatic carbocycles. The fourth-order valence-electron chi connectivity index (χ4n) is 3.40. The molecule has 0 aliphatic carbocycles. The Morgan fingerprint density at radius 3 is 2.86 bits per heavy atom. The maximum Gasteiger partial charge on any atom is 0.286 e. The molecule has 3 aromatic rings. The van der Waals surface area contributed by atoms with Crippen molar-refractivity contribution in [1.29, 1.82) is 0 Å². The van der Waals surface area contributed by atoms with Crippen LogP contribution in [0.15, 0.2) is 41.0 Å². The molecule has 3 heterocycles. The first-order chi connectivity index (χ1) is 13.6. The minimum absolute atomic E-state index is 0.0641. The smallest absolute Gasteiger partial charge is 0.286 e. The zero-order valence-corrected chi connectivity index (χ0v) is 16.8. The third-order valence-electron chi connectivity index (χ3n) is 4.93. The molecular formula is C20H20ClN3O3S. The molecule has 1 saturated heterocycles. The number of aromatic nitrogens is 1. The van der Waals surface area contributed by atoms with E-state index < -0.39 is 0 Å². The highest BCUT2D eigenvalue weighted by atomic mass is 35.5. The summed E-state index contributed by atoms with van der Waals surface area (Å²) in [6.45, 7) is 1.73. The van der Waals surface area contributed by atoms with Crippen molar-refractivity contribution >= 4 is 45.0 Å². The predicted molar refractivity (Wildman–Crippen MR) is 109 cm³/mol. The summed E-state index contributed by atoms with van der Waals surface area (Å²) in [5, 5.41) is 4.53. The molecule has 1 fully saturated rings. The van der Waals surface area contributed by atoms with Crippen molar-refractivity contribution in [2.45, 2.75) is 25.2 Å². The van der Waals surface area contributed by atoms with E-state index in [1.54, 1.807) is 23.5 Å². The molecule has 1 aliphatic heterocycles. The molecule has 2 aromatic heterocycles. The van der Waals surface area contributed by atoms with E-state index in [2.05, 4.69) is 5.32 Å². The number of carbonyl (C=O) groups is 2.